The van der Waals surface area contributed by atoms with Gasteiger partial charge in [0.15, 0.2) is 0 Å². The Morgan fingerprint density at radius 1 is 1.26 bits per heavy atom. The first-order chi connectivity index (χ1) is 8.82. The number of hydrogen-bond acceptors (Lipinski definition) is 4. The van der Waals surface area contributed by atoms with Crippen LogP contribution in [0.4, 0.5) is 5.69 Å². The normalized spacial score (nSPS) is 25.4. The van der Waals surface area contributed by atoms with Gasteiger partial charge in [0.1, 0.15) is 4.90 Å². The molecule has 4 nitrogen and oxygen atoms in total. The topological polar surface area (TPSA) is 63.4 Å². The summed E-state index contributed by atoms with van der Waals surface area (Å²) < 4.78 is 27.1. The number of rotatable bonds is 2. The average molecular weight is 300 g/mol. The first-order valence-corrected chi connectivity index (χ1v) is 8.71. The Morgan fingerprint density at radius 2 is 1.84 bits per heavy atom. The van der Waals surface area contributed by atoms with Crippen molar-refractivity contribution in [1.82, 2.24) is 4.31 Å². The van der Waals surface area contributed by atoms with Crippen LogP contribution < -0.4 is 5.73 Å². The number of nitrogens with zero attached hydrogens (tertiary/aromatic N) is 1. The van der Waals surface area contributed by atoms with Crippen molar-refractivity contribution >= 4 is 27.5 Å². The number of benzene rings is 1. The van der Waals surface area contributed by atoms with E-state index in [-0.39, 0.29) is 4.90 Å². The monoisotopic (exact) mass is 300 g/mol. The molecule has 0 amide bonds. The number of sulfonamides is 1. The lowest BCUT2D eigenvalue weighted by atomic mass is 10.2. The SMILES string of the molecule is Cc1cccc(N)c1S(=O)(=O)N1CC(C)SC(C)C1. The third-order valence-corrected chi connectivity index (χ3v) is 6.51. The fourth-order valence-corrected chi connectivity index (χ4v) is 5.94. The van der Waals surface area contributed by atoms with Gasteiger partial charge in [0.25, 0.3) is 0 Å². The van der Waals surface area contributed by atoms with Gasteiger partial charge in [-0.1, -0.05) is 26.0 Å². The minimum atomic E-state index is -3.49. The highest BCUT2D eigenvalue weighted by atomic mass is 32.2. The molecular weight excluding hydrogens is 280 g/mol. The summed E-state index contributed by atoms with van der Waals surface area (Å²) >= 11 is 1.83. The van der Waals surface area contributed by atoms with E-state index in [2.05, 4.69) is 13.8 Å². The molecule has 1 saturated heterocycles. The second kappa shape index (κ2) is 5.34. The van der Waals surface area contributed by atoms with Crippen molar-refractivity contribution in [2.24, 2.45) is 0 Å². The Morgan fingerprint density at radius 3 is 2.37 bits per heavy atom. The number of hydrogen-bond donors (Lipinski definition) is 1. The quantitative estimate of drug-likeness (QED) is 0.850. The zero-order valence-electron chi connectivity index (χ0n) is 11.5. The molecule has 2 N–H and O–H groups in total. The van der Waals surface area contributed by atoms with Crippen LogP contribution in [0.1, 0.15) is 19.4 Å². The van der Waals surface area contributed by atoms with Crippen LogP contribution in [-0.4, -0.2) is 36.3 Å². The number of thioether (sulfide) groups is 1. The summed E-state index contributed by atoms with van der Waals surface area (Å²) in [6.45, 7) is 7.00. The van der Waals surface area contributed by atoms with Gasteiger partial charge in [-0.05, 0) is 18.6 Å². The van der Waals surface area contributed by atoms with Crippen molar-refractivity contribution in [3.8, 4) is 0 Å². The lowest BCUT2D eigenvalue weighted by Gasteiger charge is -2.34. The molecule has 1 aromatic carbocycles. The van der Waals surface area contributed by atoms with Gasteiger partial charge in [0, 0.05) is 23.6 Å². The van der Waals surface area contributed by atoms with Crippen LogP contribution in [0.15, 0.2) is 23.1 Å². The van der Waals surface area contributed by atoms with Gasteiger partial charge in [-0.25, -0.2) is 8.42 Å². The van der Waals surface area contributed by atoms with Crippen LogP contribution in [0.2, 0.25) is 0 Å². The Labute approximate surface area is 119 Å². The van der Waals surface area contributed by atoms with E-state index in [1.54, 1.807) is 29.4 Å². The summed E-state index contributed by atoms with van der Waals surface area (Å²) in [5.41, 5.74) is 6.91. The van der Waals surface area contributed by atoms with E-state index >= 15 is 0 Å². The molecule has 0 bridgehead atoms. The van der Waals surface area contributed by atoms with Gasteiger partial charge in [-0.15, -0.1) is 0 Å². The summed E-state index contributed by atoms with van der Waals surface area (Å²) in [6.07, 6.45) is 0. The van der Waals surface area contributed by atoms with Gasteiger partial charge in [0.2, 0.25) is 10.0 Å². The van der Waals surface area contributed by atoms with Crippen LogP contribution in [0.3, 0.4) is 0 Å². The van der Waals surface area contributed by atoms with Gasteiger partial charge in [-0.3, -0.25) is 0 Å². The molecule has 2 unspecified atom stereocenters. The number of anilines is 1. The molecule has 19 heavy (non-hydrogen) atoms. The maximum atomic E-state index is 12.8. The van der Waals surface area contributed by atoms with Crippen LogP contribution in [0.5, 0.6) is 0 Å². The van der Waals surface area contributed by atoms with E-state index in [0.29, 0.717) is 34.8 Å². The van der Waals surface area contributed by atoms with Gasteiger partial charge in [-0.2, -0.15) is 16.1 Å². The zero-order chi connectivity index (χ0) is 14.2. The summed E-state index contributed by atoms with van der Waals surface area (Å²) in [7, 11) is -3.49. The van der Waals surface area contributed by atoms with E-state index < -0.39 is 10.0 Å². The van der Waals surface area contributed by atoms with Gasteiger partial charge >= 0.3 is 0 Å². The summed E-state index contributed by atoms with van der Waals surface area (Å²) in [5.74, 6) is 0. The average Bonchev–Trinajstić information content (AvgIpc) is 2.26. The Balaban J connectivity index is 2.42. The maximum Gasteiger partial charge on any atom is 0.245 e. The molecule has 1 fully saturated rings. The van der Waals surface area contributed by atoms with E-state index in [0.717, 1.165) is 0 Å². The second-order valence-electron chi connectivity index (χ2n) is 5.07. The minimum Gasteiger partial charge on any atom is -0.398 e. The highest BCUT2D eigenvalue weighted by Crippen LogP contribution is 2.31. The lowest BCUT2D eigenvalue weighted by Crippen LogP contribution is -2.44. The van der Waals surface area contributed by atoms with Gasteiger partial charge < -0.3 is 5.73 Å². The number of aryl methyl sites for hydroxylation is 1. The Bertz CT molecular complexity index is 542. The third kappa shape index (κ3) is 2.90. The van der Waals surface area contributed by atoms with Crippen LogP contribution in [0.25, 0.3) is 0 Å². The Hall–Kier alpha value is -0.720. The van der Waals surface area contributed by atoms with Crippen molar-refractivity contribution < 1.29 is 8.42 Å². The Kier molecular flexibility index (Phi) is 4.13. The molecule has 0 radical (unpaired) electrons. The van der Waals surface area contributed by atoms with Crippen molar-refractivity contribution in [2.75, 3.05) is 18.8 Å². The first-order valence-electron chi connectivity index (χ1n) is 6.33. The van der Waals surface area contributed by atoms with Crippen molar-refractivity contribution in [1.29, 1.82) is 0 Å². The predicted molar refractivity (Wildman–Crippen MR) is 80.9 cm³/mol. The molecule has 0 aliphatic carbocycles. The molecule has 1 aliphatic heterocycles. The second-order valence-corrected chi connectivity index (χ2v) is 8.83. The maximum absolute atomic E-state index is 12.8. The fourth-order valence-electron chi connectivity index (χ4n) is 2.48. The molecule has 1 heterocycles. The third-order valence-electron chi connectivity index (χ3n) is 3.23. The van der Waals surface area contributed by atoms with Crippen LogP contribution in [-0.2, 0) is 10.0 Å². The fraction of sp³-hybridized carbons (Fsp3) is 0.538. The van der Waals surface area contributed by atoms with E-state index in [4.69, 9.17) is 5.73 Å². The molecule has 0 aromatic heterocycles. The standard InChI is InChI=1S/C13H20N2O2S2/c1-9-5-4-6-12(14)13(9)19(16,17)15-7-10(2)18-11(3)8-15/h4-6,10-11H,7-8,14H2,1-3H3. The van der Waals surface area contributed by atoms with E-state index in [9.17, 15) is 8.42 Å². The van der Waals surface area contributed by atoms with E-state index in [1.165, 1.54) is 0 Å². The molecule has 6 heteroatoms. The smallest absolute Gasteiger partial charge is 0.245 e. The molecule has 2 atom stereocenters. The number of nitrogen functional groups attached to an aromatic ring is 1. The summed E-state index contributed by atoms with van der Waals surface area (Å²) in [6, 6.07) is 5.21. The van der Waals surface area contributed by atoms with Crippen LogP contribution in [0, 0.1) is 6.92 Å². The molecular formula is C13H20N2O2S2. The molecule has 106 valence electrons. The lowest BCUT2D eigenvalue weighted by molar-refractivity contribution is 0.405. The number of nitrogens with two attached hydrogens (primary N) is 1. The van der Waals surface area contributed by atoms with Crippen LogP contribution >= 0.6 is 11.8 Å². The molecule has 2 rings (SSSR count). The highest BCUT2D eigenvalue weighted by Gasteiger charge is 2.33. The van der Waals surface area contributed by atoms with Crippen molar-refractivity contribution in [3.05, 3.63) is 23.8 Å². The largest absolute Gasteiger partial charge is 0.398 e. The molecule has 1 aromatic rings. The molecule has 0 spiro atoms. The minimum absolute atomic E-state index is 0.265. The zero-order valence-corrected chi connectivity index (χ0v) is 13.1. The summed E-state index contributed by atoms with van der Waals surface area (Å²) in [5, 5.41) is 0.618. The van der Waals surface area contributed by atoms with Crippen molar-refractivity contribution in [2.45, 2.75) is 36.2 Å². The molecule has 1 aliphatic rings. The summed E-state index contributed by atoms with van der Waals surface area (Å²) in [4.78, 5) is 0.265. The van der Waals surface area contributed by atoms with E-state index in [1.807, 2.05) is 11.8 Å². The van der Waals surface area contributed by atoms with Gasteiger partial charge in [0.05, 0.1) is 5.69 Å². The first kappa shape index (κ1) is 14.7. The van der Waals surface area contributed by atoms with Crippen molar-refractivity contribution in [3.63, 3.8) is 0 Å². The molecule has 0 saturated carbocycles. The highest BCUT2D eigenvalue weighted by molar-refractivity contribution is 8.00. The predicted octanol–water partition coefficient (Wildman–Crippen LogP) is 2.09.